The van der Waals surface area contributed by atoms with E-state index in [4.69, 9.17) is 9.47 Å². The lowest BCUT2D eigenvalue weighted by Gasteiger charge is -2.14. The van der Waals surface area contributed by atoms with Crippen LogP contribution in [-0.2, 0) is 13.2 Å². The second kappa shape index (κ2) is 9.08. The summed E-state index contributed by atoms with van der Waals surface area (Å²) in [6.07, 6.45) is 0. The van der Waals surface area contributed by atoms with E-state index in [-0.39, 0.29) is 12.4 Å². The minimum Gasteiger partial charge on any atom is -0.490 e. The number of benzene rings is 3. The molecule has 1 N–H and O–H groups in total. The molecule has 0 fully saturated rings. The molecule has 0 atom stereocenters. The standard InChI is InChI=1S/C23H24FNO2/c1-3-26-23-14-18(15-25-20-11-8-17(2)9-12-20)10-13-22(23)27-16-19-6-4-5-7-21(19)24/h4-14,25H,3,15-16H2,1-2H3. The fourth-order valence-electron chi connectivity index (χ4n) is 2.70. The third-order valence-electron chi connectivity index (χ3n) is 4.20. The summed E-state index contributed by atoms with van der Waals surface area (Å²) in [5.41, 5.74) is 3.90. The maximum atomic E-state index is 13.8. The van der Waals surface area contributed by atoms with Crippen LogP contribution in [0, 0.1) is 12.7 Å². The molecular weight excluding hydrogens is 341 g/mol. The third kappa shape index (κ3) is 5.23. The fourth-order valence-corrected chi connectivity index (χ4v) is 2.70. The van der Waals surface area contributed by atoms with Crippen molar-refractivity contribution >= 4 is 5.69 Å². The lowest BCUT2D eigenvalue weighted by atomic mass is 10.1. The summed E-state index contributed by atoms with van der Waals surface area (Å²) >= 11 is 0. The van der Waals surface area contributed by atoms with Crippen LogP contribution in [-0.4, -0.2) is 6.61 Å². The molecule has 3 rings (SSSR count). The second-order valence-electron chi connectivity index (χ2n) is 6.31. The molecule has 0 bridgehead atoms. The Hall–Kier alpha value is -3.01. The van der Waals surface area contributed by atoms with Crippen LogP contribution >= 0.6 is 0 Å². The Kier molecular flexibility index (Phi) is 6.31. The van der Waals surface area contributed by atoms with Crippen molar-refractivity contribution in [1.82, 2.24) is 0 Å². The van der Waals surface area contributed by atoms with Crippen molar-refractivity contribution in [1.29, 1.82) is 0 Å². The highest BCUT2D eigenvalue weighted by Crippen LogP contribution is 2.30. The summed E-state index contributed by atoms with van der Waals surface area (Å²) in [5.74, 6) is 1.01. The predicted molar refractivity (Wildman–Crippen MR) is 107 cm³/mol. The Bertz CT molecular complexity index is 878. The van der Waals surface area contributed by atoms with Crippen LogP contribution in [0.5, 0.6) is 11.5 Å². The molecule has 0 aromatic heterocycles. The predicted octanol–water partition coefficient (Wildman–Crippen LogP) is 5.72. The largest absolute Gasteiger partial charge is 0.490 e. The Morgan fingerprint density at radius 1 is 0.889 bits per heavy atom. The zero-order valence-corrected chi connectivity index (χ0v) is 15.7. The molecule has 140 valence electrons. The number of halogens is 1. The molecule has 0 spiro atoms. The van der Waals surface area contributed by atoms with Crippen molar-refractivity contribution in [2.45, 2.75) is 27.0 Å². The third-order valence-corrected chi connectivity index (χ3v) is 4.20. The Morgan fingerprint density at radius 3 is 2.41 bits per heavy atom. The van der Waals surface area contributed by atoms with E-state index in [1.54, 1.807) is 18.2 Å². The van der Waals surface area contributed by atoms with Gasteiger partial charge in [0.1, 0.15) is 12.4 Å². The summed E-state index contributed by atoms with van der Waals surface area (Å²) in [7, 11) is 0. The number of nitrogens with one attached hydrogen (secondary N) is 1. The van der Waals surface area contributed by atoms with E-state index in [2.05, 4.69) is 36.5 Å². The van der Waals surface area contributed by atoms with Crippen molar-refractivity contribution in [3.63, 3.8) is 0 Å². The van der Waals surface area contributed by atoms with Crippen LogP contribution in [0.1, 0.15) is 23.6 Å². The monoisotopic (exact) mass is 365 g/mol. The van der Waals surface area contributed by atoms with Crippen molar-refractivity contribution in [2.24, 2.45) is 0 Å². The van der Waals surface area contributed by atoms with Gasteiger partial charge in [-0.3, -0.25) is 0 Å². The van der Waals surface area contributed by atoms with E-state index < -0.39 is 0 Å². The highest BCUT2D eigenvalue weighted by molar-refractivity contribution is 5.47. The van der Waals surface area contributed by atoms with Gasteiger partial charge in [-0.2, -0.15) is 0 Å². The Morgan fingerprint density at radius 2 is 1.67 bits per heavy atom. The van der Waals surface area contributed by atoms with E-state index in [0.29, 0.717) is 30.2 Å². The first-order chi connectivity index (χ1) is 13.2. The zero-order valence-electron chi connectivity index (χ0n) is 15.7. The molecular formula is C23H24FNO2. The summed E-state index contributed by atoms with van der Waals surface area (Å²) in [5, 5.41) is 3.40. The van der Waals surface area contributed by atoms with Gasteiger partial charge in [-0.15, -0.1) is 0 Å². The first-order valence-corrected chi connectivity index (χ1v) is 9.08. The van der Waals surface area contributed by atoms with Crippen molar-refractivity contribution < 1.29 is 13.9 Å². The van der Waals surface area contributed by atoms with Gasteiger partial charge in [-0.1, -0.05) is 42.0 Å². The van der Waals surface area contributed by atoms with Crippen LogP contribution in [0.4, 0.5) is 10.1 Å². The molecule has 0 unspecified atom stereocenters. The minimum absolute atomic E-state index is 0.160. The van der Waals surface area contributed by atoms with Crippen LogP contribution in [0.3, 0.4) is 0 Å². The van der Waals surface area contributed by atoms with Gasteiger partial charge in [0.05, 0.1) is 6.61 Å². The average Bonchev–Trinajstić information content (AvgIpc) is 2.68. The van der Waals surface area contributed by atoms with Crippen LogP contribution in [0.2, 0.25) is 0 Å². The molecule has 3 nitrogen and oxygen atoms in total. The summed E-state index contributed by atoms with van der Waals surface area (Å²) in [6.45, 7) is 5.37. The quantitative estimate of drug-likeness (QED) is 0.553. The molecule has 27 heavy (non-hydrogen) atoms. The normalized spacial score (nSPS) is 10.5. The molecule has 0 radical (unpaired) electrons. The molecule has 0 aliphatic carbocycles. The SMILES string of the molecule is CCOc1cc(CNc2ccc(C)cc2)ccc1OCc1ccccc1F. The lowest BCUT2D eigenvalue weighted by molar-refractivity contribution is 0.265. The minimum atomic E-state index is -0.269. The molecule has 3 aromatic carbocycles. The van der Waals surface area contributed by atoms with Crippen LogP contribution < -0.4 is 14.8 Å². The van der Waals surface area contributed by atoms with E-state index in [0.717, 1.165) is 11.3 Å². The number of anilines is 1. The van der Waals surface area contributed by atoms with Gasteiger partial charge < -0.3 is 14.8 Å². The van der Waals surface area contributed by atoms with Gasteiger partial charge in [-0.25, -0.2) is 4.39 Å². The number of hydrogen-bond acceptors (Lipinski definition) is 3. The van der Waals surface area contributed by atoms with E-state index in [9.17, 15) is 4.39 Å². The smallest absolute Gasteiger partial charge is 0.161 e. The maximum Gasteiger partial charge on any atom is 0.161 e. The molecule has 3 aromatic rings. The Labute approximate surface area is 159 Å². The van der Waals surface area contributed by atoms with Gasteiger partial charge in [0.2, 0.25) is 0 Å². The highest BCUT2D eigenvalue weighted by Gasteiger charge is 2.09. The molecule has 4 heteroatoms. The van der Waals surface area contributed by atoms with E-state index in [1.807, 2.05) is 25.1 Å². The van der Waals surface area contributed by atoms with Gasteiger partial charge in [0, 0.05) is 17.8 Å². The number of ether oxygens (including phenoxy) is 2. The first-order valence-electron chi connectivity index (χ1n) is 9.08. The molecule has 0 saturated heterocycles. The van der Waals surface area contributed by atoms with E-state index >= 15 is 0 Å². The molecule has 0 aliphatic heterocycles. The topological polar surface area (TPSA) is 30.5 Å². The fraction of sp³-hybridized carbons (Fsp3) is 0.217. The van der Waals surface area contributed by atoms with Crippen LogP contribution in [0.15, 0.2) is 66.7 Å². The van der Waals surface area contributed by atoms with Gasteiger partial charge >= 0.3 is 0 Å². The number of aryl methyl sites for hydroxylation is 1. The van der Waals surface area contributed by atoms with Crippen molar-refractivity contribution in [3.8, 4) is 11.5 Å². The van der Waals surface area contributed by atoms with Crippen LogP contribution in [0.25, 0.3) is 0 Å². The first kappa shape index (κ1) is 18.8. The zero-order chi connectivity index (χ0) is 19.1. The van der Waals surface area contributed by atoms with Crippen molar-refractivity contribution in [2.75, 3.05) is 11.9 Å². The maximum absolute atomic E-state index is 13.8. The molecule has 0 heterocycles. The molecule has 0 amide bonds. The molecule has 0 aliphatic rings. The summed E-state index contributed by atoms with van der Waals surface area (Å²) in [4.78, 5) is 0. The number of rotatable bonds is 8. The van der Waals surface area contributed by atoms with Gasteiger partial charge in [-0.05, 0) is 49.7 Å². The Balaban J connectivity index is 1.68. The van der Waals surface area contributed by atoms with E-state index in [1.165, 1.54) is 11.6 Å². The summed E-state index contributed by atoms with van der Waals surface area (Å²) in [6, 6.07) is 20.7. The lowest BCUT2D eigenvalue weighted by Crippen LogP contribution is -2.03. The highest BCUT2D eigenvalue weighted by atomic mass is 19.1. The molecule has 0 saturated carbocycles. The summed E-state index contributed by atoms with van der Waals surface area (Å²) < 4.78 is 25.3. The number of hydrogen-bond donors (Lipinski definition) is 1. The van der Waals surface area contributed by atoms with Crippen molar-refractivity contribution in [3.05, 3.63) is 89.2 Å². The van der Waals surface area contributed by atoms with Gasteiger partial charge in [0.25, 0.3) is 0 Å². The average molecular weight is 365 g/mol. The van der Waals surface area contributed by atoms with Gasteiger partial charge in [0.15, 0.2) is 11.5 Å². The second-order valence-corrected chi connectivity index (χ2v) is 6.31.